The molecule has 3 heteroatoms. The summed E-state index contributed by atoms with van der Waals surface area (Å²) < 4.78 is 5.25. The van der Waals surface area contributed by atoms with Gasteiger partial charge in [0.05, 0.1) is 18.3 Å². The van der Waals surface area contributed by atoms with Gasteiger partial charge in [0.1, 0.15) is 5.75 Å². The maximum absolute atomic E-state index is 5.25. The van der Waals surface area contributed by atoms with Gasteiger partial charge in [-0.2, -0.15) is 0 Å². The van der Waals surface area contributed by atoms with Crippen molar-refractivity contribution in [2.24, 2.45) is 0 Å². The number of pyridine rings is 1. The summed E-state index contributed by atoms with van der Waals surface area (Å²) in [7, 11) is 1.68. The zero-order chi connectivity index (χ0) is 11.7. The Balaban J connectivity index is 2.02. The molecule has 2 aromatic rings. The largest absolute Gasteiger partial charge is 0.497 e. The van der Waals surface area contributed by atoms with Crippen molar-refractivity contribution >= 4 is 16.6 Å². The quantitative estimate of drug-likeness (QED) is 0.875. The van der Waals surface area contributed by atoms with Crippen molar-refractivity contribution in [1.29, 1.82) is 0 Å². The first-order chi connectivity index (χ1) is 8.36. The molecule has 0 atom stereocenters. The van der Waals surface area contributed by atoms with Crippen LogP contribution in [-0.4, -0.2) is 18.1 Å². The molecule has 0 spiro atoms. The fourth-order valence-corrected chi connectivity index (χ4v) is 2.08. The molecule has 1 fully saturated rings. The molecule has 1 aliphatic rings. The summed E-state index contributed by atoms with van der Waals surface area (Å²) in [6, 6.07) is 9.71. The van der Waals surface area contributed by atoms with Crippen LogP contribution < -0.4 is 10.1 Å². The summed E-state index contributed by atoms with van der Waals surface area (Å²) in [5.41, 5.74) is 2.02. The van der Waals surface area contributed by atoms with Crippen LogP contribution in [0.4, 0.5) is 5.69 Å². The highest BCUT2D eigenvalue weighted by atomic mass is 16.5. The van der Waals surface area contributed by atoms with E-state index < -0.39 is 0 Å². The van der Waals surface area contributed by atoms with Crippen molar-refractivity contribution in [3.8, 4) is 5.75 Å². The van der Waals surface area contributed by atoms with Gasteiger partial charge in [0.2, 0.25) is 0 Å². The molecule has 1 N–H and O–H groups in total. The summed E-state index contributed by atoms with van der Waals surface area (Å²) in [4.78, 5) is 4.32. The Morgan fingerprint density at radius 1 is 1.41 bits per heavy atom. The van der Waals surface area contributed by atoms with Crippen LogP contribution in [0.3, 0.4) is 0 Å². The Kier molecular flexibility index (Phi) is 2.59. The van der Waals surface area contributed by atoms with E-state index in [2.05, 4.69) is 16.4 Å². The van der Waals surface area contributed by atoms with Crippen molar-refractivity contribution in [3.63, 3.8) is 0 Å². The second kappa shape index (κ2) is 4.24. The first kappa shape index (κ1) is 10.4. The van der Waals surface area contributed by atoms with Crippen LogP contribution in [-0.2, 0) is 0 Å². The van der Waals surface area contributed by atoms with Crippen molar-refractivity contribution in [2.75, 3.05) is 12.4 Å². The van der Waals surface area contributed by atoms with E-state index in [0.717, 1.165) is 22.3 Å². The third-order valence-corrected chi connectivity index (χ3v) is 3.34. The first-order valence-corrected chi connectivity index (χ1v) is 5.98. The predicted octanol–water partition coefficient (Wildman–Crippen LogP) is 3.01. The number of ether oxygens (including phenoxy) is 1. The Labute approximate surface area is 101 Å². The SMILES string of the molecule is COc1ccc2nc[c]c(NC3CCC3)c2c1. The Bertz CT molecular complexity index is 535. The molecule has 1 radical (unpaired) electrons. The average molecular weight is 227 g/mol. The van der Waals surface area contributed by atoms with E-state index in [0.29, 0.717) is 6.04 Å². The molecule has 3 nitrogen and oxygen atoms in total. The molecule has 1 aromatic heterocycles. The van der Waals surface area contributed by atoms with E-state index in [1.54, 1.807) is 13.3 Å². The number of fused-ring (bicyclic) bond motifs is 1. The minimum Gasteiger partial charge on any atom is -0.497 e. The molecule has 0 saturated heterocycles. The molecule has 0 unspecified atom stereocenters. The Morgan fingerprint density at radius 2 is 2.29 bits per heavy atom. The highest BCUT2D eigenvalue weighted by Gasteiger charge is 2.17. The monoisotopic (exact) mass is 227 g/mol. The third kappa shape index (κ3) is 1.93. The summed E-state index contributed by atoms with van der Waals surface area (Å²) in [6.07, 6.45) is 5.56. The number of hydrogen-bond donors (Lipinski definition) is 1. The zero-order valence-corrected chi connectivity index (χ0v) is 9.86. The van der Waals surface area contributed by atoms with Gasteiger partial charge in [0.15, 0.2) is 0 Å². The molecule has 1 heterocycles. The number of methoxy groups -OCH3 is 1. The highest BCUT2D eigenvalue weighted by molar-refractivity contribution is 5.91. The number of anilines is 1. The molecule has 1 saturated carbocycles. The standard InChI is InChI=1S/C14H15N2O/c1-17-11-5-6-13-12(9-11)14(7-8-15-13)16-10-3-2-4-10/h5-6,8-10H,2-4H2,1H3,(H,15,16). The van der Waals surface area contributed by atoms with Crippen LogP contribution in [0, 0.1) is 6.07 Å². The van der Waals surface area contributed by atoms with Crippen LogP contribution >= 0.6 is 0 Å². The number of nitrogens with zero attached hydrogens (tertiary/aromatic N) is 1. The number of nitrogens with one attached hydrogen (secondary N) is 1. The molecular formula is C14H15N2O. The molecular weight excluding hydrogens is 212 g/mol. The zero-order valence-electron chi connectivity index (χ0n) is 9.86. The minimum atomic E-state index is 0.600. The van der Waals surface area contributed by atoms with E-state index >= 15 is 0 Å². The molecule has 1 aromatic carbocycles. The Morgan fingerprint density at radius 3 is 3.00 bits per heavy atom. The van der Waals surface area contributed by atoms with Gasteiger partial charge in [-0.3, -0.25) is 4.98 Å². The number of benzene rings is 1. The smallest absolute Gasteiger partial charge is 0.119 e. The van der Waals surface area contributed by atoms with E-state index in [1.165, 1.54) is 19.3 Å². The van der Waals surface area contributed by atoms with E-state index in [1.807, 2.05) is 18.2 Å². The normalized spacial score (nSPS) is 15.6. The van der Waals surface area contributed by atoms with Gasteiger partial charge in [-0.05, 0) is 37.5 Å². The van der Waals surface area contributed by atoms with Crippen molar-refractivity contribution < 1.29 is 4.74 Å². The van der Waals surface area contributed by atoms with Crippen LogP contribution in [0.5, 0.6) is 5.75 Å². The fourth-order valence-electron chi connectivity index (χ4n) is 2.08. The highest BCUT2D eigenvalue weighted by Crippen LogP contribution is 2.29. The summed E-state index contributed by atoms with van der Waals surface area (Å²) >= 11 is 0. The lowest BCUT2D eigenvalue weighted by molar-refractivity contribution is 0.415. The molecule has 3 rings (SSSR count). The van der Waals surface area contributed by atoms with Gasteiger partial charge < -0.3 is 10.1 Å². The fraction of sp³-hybridized carbons (Fsp3) is 0.357. The van der Waals surface area contributed by atoms with Crippen LogP contribution in [0.25, 0.3) is 10.9 Å². The Hall–Kier alpha value is -1.77. The molecule has 0 bridgehead atoms. The summed E-state index contributed by atoms with van der Waals surface area (Å²) in [5.74, 6) is 0.857. The van der Waals surface area contributed by atoms with Gasteiger partial charge in [-0.25, -0.2) is 0 Å². The average Bonchev–Trinajstić information content (AvgIpc) is 2.33. The van der Waals surface area contributed by atoms with Crippen molar-refractivity contribution in [2.45, 2.75) is 25.3 Å². The van der Waals surface area contributed by atoms with Gasteiger partial charge in [-0.15, -0.1) is 0 Å². The van der Waals surface area contributed by atoms with Crippen molar-refractivity contribution in [1.82, 2.24) is 4.98 Å². The van der Waals surface area contributed by atoms with Crippen LogP contribution in [0.1, 0.15) is 19.3 Å². The van der Waals surface area contributed by atoms with Crippen molar-refractivity contribution in [3.05, 3.63) is 30.5 Å². The lowest BCUT2D eigenvalue weighted by Crippen LogP contribution is -2.27. The van der Waals surface area contributed by atoms with Gasteiger partial charge in [0, 0.05) is 23.7 Å². The predicted molar refractivity (Wildman–Crippen MR) is 68.4 cm³/mol. The lowest BCUT2D eigenvalue weighted by atomic mass is 9.93. The molecule has 87 valence electrons. The van der Waals surface area contributed by atoms with E-state index in [4.69, 9.17) is 4.74 Å². The second-order valence-electron chi connectivity index (χ2n) is 4.43. The first-order valence-electron chi connectivity index (χ1n) is 5.98. The molecule has 1 aliphatic carbocycles. The second-order valence-corrected chi connectivity index (χ2v) is 4.43. The molecule has 0 aliphatic heterocycles. The number of hydrogen-bond acceptors (Lipinski definition) is 3. The number of rotatable bonds is 3. The summed E-state index contributed by atoms with van der Waals surface area (Å²) in [6.45, 7) is 0. The van der Waals surface area contributed by atoms with Gasteiger partial charge >= 0.3 is 0 Å². The topological polar surface area (TPSA) is 34.1 Å². The number of aromatic nitrogens is 1. The van der Waals surface area contributed by atoms with E-state index in [-0.39, 0.29) is 0 Å². The molecule has 17 heavy (non-hydrogen) atoms. The maximum Gasteiger partial charge on any atom is 0.119 e. The summed E-state index contributed by atoms with van der Waals surface area (Å²) in [5, 5.41) is 4.60. The third-order valence-electron chi connectivity index (χ3n) is 3.34. The lowest BCUT2D eigenvalue weighted by Gasteiger charge is -2.27. The van der Waals surface area contributed by atoms with Crippen LogP contribution in [0.2, 0.25) is 0 Å². The minimum absolute atomic E-state index is 0.600. The van der Waals surface area contributed by atoms with Gasteiger partial charge in [0.25, 0.3) is 0 Å². The maximum atomic E-state index is 5.25. The van der Waals surface area contributed by atoms with E-state index in [9.17, 15) is 0 Å². The van der Waals surface area contributed by atoms with Gasteiger partial charge in [-0.1, -0.05) is 0 Å². The van der Waals surface area contributed by atoms with Crippen LogP contribution in [0.15, 0.2) is 24.4 Å². The molecule has 0 amide bonds.